The van der Waals surface area contributed by atoms with Crippen molar-refractivity contribution in [1.29, 1.82) is 0 Å². The van der Waals surface area contributed by atoms with Crippen LogP contribution in [0.15, 0.2) is 0 Å². The maximum absolute atomic E-state index is 11.0. The second-order valence-electron chi connectivity index (χ2n) is 2.97. The summed E-state index contributed by atoms with van der Waals surface area (Å²) in [4.78, 5) is 11.0. The van der Waals surface area contributed by atoms with Crippen LogP contribution in [0.4, 0.5) is 0 Å². The van der Waals surface area contributed by atoms with Crippen LogP contribution < -0.4 is 11.3 Å². The van der Waals surface area contributed by atoms with Crippen molar-refractivity contribution < 1.29 is 9.90 Å². The Labute approximate surface area is 65.7 Å². The topological polar surface area (TPSA) is 75.3 Å². The summed E-state index contributed by atoms with van der Waals surface area (Å²) in [6.07, 6.45) is 3.00. The van der Waals surface area contributed by atoms with Gasteiger partial charge < -0.3 is 5.11 Å². The molecule has 4 N–H and O–H groups in total. The van der Waals surface area contributed by atoms with Crippen LogP contribution in [-0.2, 0) is 4.79 Å². The number of aliphatic hydroxyl groups excluding tert-OH is 1. The minimum absolute atomic E-state index is 0.239. The van der Waals surface area contributed by atoms with Gasteiger partial charge in [0.05, 0.1) is 12.0 Å². The Bertz CT molecular complexity index is 149. The van der Waals surface area contributed by atoms with Gasteiger partial charge in [-0.3, -0.25) is 10.2 Å². The zero-order valence-electron chi connectivity index (χ0n) is 6.42. The fraction of sp³-hybridized carbons (Fsp3) is 0.857. The third-order valence-corrected chi connectivity index (χ3v) is 2.21. The molecule has 0 spiro atoms. The molecule has 2 atom stereocenters. The fourth-order valence-electron chi connectivity index (χ4n) is 1.52. The SMILES string of the molecule is NNC(=O)[C@H]1CCCC[C@@H]1O. The van der Waals surface area contributed by atoms with Crippen molar-refractivity contribution in [3.8, 4) is 0 Å². The lowest BCUT2D eigenvalue weighted by molar-refractivity contribution is -0.130. The van der Waals surface area contributed by atoms with E-state index in [4.69, 9.17) is 5.84 Å². The van der Waals surface area contributed by atoms with E-state index in [1.54, 1.807) is 0 Å². The quantitative estimate of drug-likeness (QED) is 0.274. The minimum atomic E-state index is -0.493. The lowest BCUT2D eigenvalue weighted by Gasteiger charge is -2.25. The van der Waals surface area contributed by atoms with Crippen molar-refractivity contribution in [1.82, 2.24) is 5.43 Å². The molecule has 1 aliphatic rings. The highest BCUT2D eigenvalue weighted by atomic mass is 16.3. The Kier molecular flexibility index (Phi) is 2.84. The Hall–Kier alpha value is -0.610. The Morgan fingerprint density at radius 2 is 2.09 bits per heavy atom. The first-order valence-electron chi connectivity index (χ1n) is 3.94. The second kappa shape index (κ2) is 3.69. The van der Waals surface area contributed by atoms with Gasteiger partial charge >= 0.3 is 0 Å². The highest BCUT2D eigenvalue weighted by Crippen LogP contribution is 2.23. The van der Waals surface area contributed by atoms with Gasteiger partial charge in [0.25, 0.3) is 0 Å². The highest BCUT2D eigenvalue weighted by Gasteiger charge is 2.28. The number of amides is 1. The normalized spacial score (nSPS) is 31.5. The summed E-state index contributed by atoms with van der Waals surface area (Å²) < 4.78 is 0. The molecule has 4 heteroatoms. The average molecular weight is 158 g/mol. The molecule has 4 nitrogen and oxygen atoms in total. The lowest BCUT2D eigenvalue weighted by atomic mass is 9.86. The van der Waals surface area contributed by atoms with Gasteiger partial charge in [-0.15, -0.1) is 0 Å². The molecule has 0 bridgehead atoms. The highest BCUT2D eigenvalue weighted by molar-refractivity contribution is 5.78. The van der Waals surface area contributed by atoms with Gasteiger partial charge in [0.1, 0.15) is 0 Å². The Balaban J connectivity index is 2.47. The van der Waals surface area contributed by atoms with E-state index in [2.05, 4.69) is 5.43 Å². The maximum Gasteiger partial charge on any atom is 0.239 e. The number of nitrogens with one attached hydrogen (secondary N) is 1. The van der Waals surface area contributed by atoms with Crippen LogP contribution in [0.25, 0.3) is 0 Å². The van der Waals surface area contributed by atoms with Gasteiger partial charge in [0, 0.05) is 0 Å². The molecule has 1 amide bonds. The molecule has 1 aliphatic carbocycles. The van der Waals surface area contributed by atoms with Gasteiger partial charge in [-0.25, -0.2) is 5.84 Å². The Morgan fingerprint density at radius 1 is 1.45 bits per heavy atom. The van der Waals surface area contributed by atoms with Crippen molar-refractivity contribution in [2.24, 2.45) is 11.8 Å². The number of carbonyl (C=O) groups is 1. The number of hydrogen-bond donors (Lipinski definition) is 3. The van der Waals surface area contributed by atoms with Gasteiger partial charge in [-0.05, 0) is 12.8 Å². The van der Waals surface area contributed by atoms with Gasteiger partial charge in [-0.2, -0.15) is 0 Å². The fourth-order valence-corrected chi connectivity index (χ4v) is 1.52. The molecule has 0 aromatic heterocycles. The van der Waals surface area contributed by atoms with E-state index in [1.165, 1.54) is 0 Å². The van der Waals surface area contributed by atoms with Crippen LogP contribution in [0.1, 0.15) is 25.7 Å². The maximum atomic E-state index is 11.0. The molecule has 0 unspecified atom stereocenters. The minimum Gasteiger partial charge on any atom is -0.392 e. The number of hydrogen-bond acceptors (Lipinski definition) is 3. The first-order valence-corrected chi connectivity index (χ1v) is 3.94. The van der Waals surface area contributed by atoms with Crippen molar-refractivity contribution >= 4 is 5.91 Å². The molecule has 11 heavy (non-hydrogen) atoms. The van der Waals surface area contributed by atoms with E-state index in [1.807, 2.05) is 0 Å². The average Bonchev–Trinajstić information content (AvgIpc) is 2.04. The predicted octanol–water partition coefficient (Wildman–Crippen LogP) is -0.473. The molecular formula is C7H14N2O2. The molecule has 0 radical (unpaired) electrons. The molecule has 0 aromatic carbocycles. The van der Waals surface area contributed by atoms with Crippen LogP contribution in [0.5, 0.6) is 0 Å². The van der Waals surface area contributed by atoms with E-state index in [0.717, 1.165) is 25.7 Å². The molecule has 0 heterocycles. The molecular weight excluding hydrogens is 144 g/mol. The number of rotatable bonds is 1. The summed E-state index contributed by atoms with van der Waals surface area (Å²) in [7, 11) is 0. The zero-order valence-corrected chi connectivity index (χ0v) is 6.42. The summed E-state index contributed by atoms with van der Waals surface area (Å²) in [5.41, 5.74) is 2.07. The molecule has 64 valence electrons. The van der Waals surface area contributed by atoms with Crippen molar-refractivity contribution in [2.45, 2.75) is 31.8 Å². The van der Waals surface area contributed by atoms with E-state index < -0.39 is 6.10 Å². The van der Waals surface area contributed by atoms with Crippen LogP contribution in [-0.4, -0.2) is 17.1 Å². The third kappa shape index (κ3) is 1.91. The molecule has 0 aliphatic heterocycles. The van der Waals surface area contributed by atoms with Crippen LogP contribution >= 0.6 is 0 Å². The van der Waals surface area contributed by atoms with Crippen LogP contribution in [0.3, 0.4) is 0 Å². The molecule has 0 saturated heterocycles. The van der Waals surface area contributed by atoms with E-state index in [0.29, 0.717) is 0 Å². The number of carbonyl (C=O) groups excluding carboxylic acids is 1. The summed E-state index contributed by atoms with van der Waals surface area (Å²) in [6.45, 7) is 0. The summed E-state index contributed by atoms with van der Waals surface area (Å²) in [5, 5.41) is 9.35. The Morgan fingerprint density at radius 3 is 2.64 bits per heavy atom. The van der Waals surface area contributed by atoms with E-state index in [-0.39, 0.29) is 11.8 Å². The second-order valence-corrected chi connectivity index (χ2v) is 2.97. The lowest BCUT2D eigenvalue weighted by Crippen LogP contribution is -2.42. The first kappa shape index (κ1) is 8.49. The molecule has 1 rings (SSSR count). The zero-order chi connectivity index (χ0) is 8.27. The van der Waals surface area contributed by atoms with Crippen molar-refractivity contribution in [3.63, 3.8) is 0 Å². The summed E-state index contributed by atoms with van der Waals surface area (Å²) >= 11 is 0. The van der Waals surface area contributed by atoms with Gasteiger partial charge in [0.15, 0.2) is 0 Å². The standard InChI is InChI=1S/C7H14N2O2/c8-9-7(11)5-3-1-2-4-6(5)10/h5-6,10H,1-4,8H2,(H,9,11)/t5-,6-/m0/s1. The number of aliphatic hydroxyl groups is 1. The van der Waals surface area contributed by atoms with Crippen LogP contribution in [0, 0.1) is 5.92 Å². The van der Waals surface area contributed by atoms with Gasteiger partial charge in [-0.1, -0.05) is 12.8 Å². The largest absolute Gasteiger partial charge is 0.392 e. The number of nitrogens with two attached hydrogens (primary N) is 1. The van der Waals surface area contributed by atoms with E-state index in [9.17, 15) is 9.90 Å². The van der Waals surface area contributed by atoms with Gasteiger partial charge in [0.2, 0.25) is 5.91 Å². The van der Waals surface area contributed by atoms with E-state index >= 15 is 0 Å². The van der Waals surface area contributed by atoms with Crippen molar-refractivity contribution in [3.05, 3.63) is 0 Å². The first-order chi connectivity index (χ1) is 5.25. The molecule has 1 saturated carbocycles. The van der Waals surface area contributed by atoms with Crippen molar-refractivity contribution in [2.75, 3.05) is 0 Å². The third-order valence-electron chi connectivity index (χ3n) is 2.21. The number of hydrazine groups is 1. The molecule has 1 fully saturated rings. The monoisotopic (exact) mass is 158 g/mol. The predicted molar refractivity (Wildman–Crippen MR) is 40.3 cm³/mol. The van der Waals surface area contributed by atoms with Crippen LogP contribution in [0.2, 0.25) is 0 Å². The smallest absolute Gasteiger partial charge is 0.239 e. The summed E-state index contributed by atoms with van der Waals surface area (Å²) in [6, 6.07) is 0. The molecule has 0 aromatic rings. The summed E-state index contributed by atoms with van der Waals surface area (Å²) in [5.74, 6) is 4.43.